The minimum absolute atomic E-state index is 0.633. The van der Waals surface area contributed by atoms with Crippen molar-refractivity contribution in [2.45, 2.75) is 38.0 Å². The highest BCUT2D eigenvalue weighted by Crippen LogP contribution is 2.27. The molecule has 0 fully saturated rings. The summed E-state index contributed by atoms with van der Waals surface area (Å²) in [5.41, 5.74) is 2.94. The Morgan fingerprint density at radius 2 is 2.00 bits per heavy atom. The fraction of sp³-hybridized carbons (Fsp3) is 0.500. The molecule has 0 heterocycles. The van der Waals surface area contributed by atoms with Crippen LogP contribution < -0.4 is 0 Å². The predicted molar refractivity (Wildman–Crippen MR) is 61.7 cm³/mol. The van der Waals surface area contributed by atoms with Crippen molar-refractivity contribution in [3.63, 3.8) is 0 Å². The molecule has 1 aromatic rings. The lowest BCUT2D eigenvalue weighted by molar-refractivity contribution is 0.838. The van der Waals surface area contributed by atoms with Crippen molar-refractivity contribution < 1.29 is 0 Å². The molecule has 0 radical (unpaired) electrons. The quantitative estimate of drug-likeness (QED) is 0.653. The van der Waals surface area contributed by atoms with Crippen molar-refractivity contribution in [3.05, 3.63) is 29.3 Å². The van der Waals surface area contributed by atoms with Gasteiger partial charge in [0.05, 0.1) is 0 Å². The summed E-state index contributed by atoms with van der Waals surface area (Å²) in [4.78, 5) is 1.42. The molecule has 0 aliphatic heterocycles. The summed E-state index contributed by atoms with van der Waals surface area (Å²) in [6, 6.07) is 6.83. The Morgan fingerprint density at radius 1 is 1.31 bits per heavy atom. The van der Waals surface area contributed by atoms with Gasteiger partial charge in [-0.2, -0.15) is 0 Å². The molecule has 1 heteroatoms. The van der Waals surface area contributed by atoms with Gasteiger partial charge in [0.1, 0.15) is 0 Å². The Morgan fingerprint density at radius 3 is 2.46 bits per heavy atom. The van der Waals surface area contributed by atoms with Gasteiger partial charge >= 0.3 is 0 Å². The normalized spacial score (nSPS) is 10.8. The SMILES string of the molecule is CCc1ccc(SC)c(C(C)C)c1. The van der Waals surface area contributed by atoms with E-state index in [9.17, 15) is 0 Å². The van der Waals surface area contributed by atoms with Gasteiger partial charge in [0.25, 0.3) is 0 Å². The van der Waals surface area contributed by atoms with E-state index >= 15 is 0 Å². The van der Waals surface area contributed by atoms with Crippen LogP contribution in [0.25, 0.3) is 0 Å². The Balaban J connectivity index is 3.10. The number of hydrogen-bond acceptors (Lipinski definition) is 1. The molecule has 13 heavy (non-hydrogen) atoms. The Hall–Kier alpha value is -0.430. The van der Waals surface area contributed by atoms with E-state index in [1.807, 2.05) is 11.8 Å². The molecule has 0 aliphatic carbocycles. The molecule has 0 N–H and O–H groups in total. The number of thioether (sulfide) groups is 1. The molecule has 0 aromatic heterocycles. The van der Waals surface area contributed by atoms with E-state index in [1.54, 1.807) is 0 Å². The zero-order chi connectivity index (χ0) is 9.84. The van der Waals surface area contributed by atoms with Crippen LogP contribution in [0.15, 0.2) is 23.1 Å². The van der Waals surface area contributed by atoms with Crippen LogP contribution in [0.4, 0.5) is 0 Å². The van der Waals surface area contributed by atoms with Gasteiger partial charge in [0, 0.05) is 4.90 Å². The molecule has 0 unspecified atom stereocenters. The third-order valence-corrected chi connectivity index (χ3v) is 3.14. The van der Waals surface area contributed by atoms with Crippen molar-refractivity contribution in [2.75, 3.05) is 6.26 Å². The maximum atomic E-state index is 2.34. The minimum Gasteiger partial charge on any atom is -0.129 e. The van der Waals surface area contributed by atoms with Gasteiger partial charge in [0.15, 0.2) is 0 Å². The van der Waals surface area contributed by atoms with Crippen molar-refractivity contribution in [1.82, 2.24) is 0 Å². The Kier molecular flexibility index (Phi) is 3.86. The summed E-state index contributed by atoms with van der Waals surface area (Å²) in [6.45, 7) is 6.72. The molecular weight excluding hydrogens is 176 g/mol. The first-order chi connectivity index (χ1) is 6.19. The van der Waals surface area contributed by atoms with Crippen LogP contribution in [-0.4, -0.2) is 6.26 Å². The highest BCUT2D eigenvalue weighted by Gasteiger charge is 2.05. The second kappa shape index (κ2) is 4.71. The Bertz CT molecular complexity index is 276. The van der Waals surface area contributed by atoms with Crippen LogP contribution in [0.2, 0.25) is 0 Å². The standard InChI is InChI=1S/C12H18S/c1-5-10-6-7-12(13-4)11(8-10)9(2)3/h6-9H,5H2,1-4H3. The first kappa shape index (κ1) is 10.6. The number of aryl methyl sites for hydroxylation is 1. The van der Waals surface area contributed by atoms with Gasteiger partial charge in [-0.25, -0.2) is 0 Å². The topological polar surface area (TPSA) is 0 Å². The van der Waals surface area contributed by atoms with E-state index in [0.29, 0.717) is 5.92 Å². The zero-order valence-corrected chi connectivity index (χ0v) is 9.74. The van der Waals surface area contributed by atoms with E-state index in [2.05, 4.69) is 45.2 Å². The average Bonchev–Trinajstić information content (AvgIpc) is 2.16. The molecule has 0 bridgehead atoms. The highest BCUT2D eigenvalue weighted by molar-refractivity contribution is 7.98. The lowest BCUT2D eigenvalue weighted by atomic mass is 10.00. The molecule has 0 aliphatic rings. The third-order valence-electron chi connectivity index (χ3n) is 2.32. The molecule has 0 amide bonds. The molecule has 0 nitrogen and oxygen atoms in total. The van der Waals surface area contributed by atoms with Crippen molar-refractivity contribution in [2.24, 2.45) is 0 Å². The molecular formula is C12H18S. The van der Waals surface area contributed by atoms with Crippen LogP contribution in [0.3, 0.4) is 0 Å². The fourth-order valence-electron chi connectivity index (χ4n) is 1.45. The Labute approximate surface area is 85.7 Å². The summed E-state index contributed by atoms with van der Waals surface area (Å²) in [5, 5.41) is 0. The monoisotopic (exact) mass is 194 g/mol. The maximum Gasteiger partial charge on any atom is 0.0104 e. The van der Waals surface area contributed by atoms with Crippen molar-refractivity contribution in [3.8, 4) is 0 Å². The number of rotatable bonds is 3. The molecule has 72 valence electrons. The van der Waals surface area contributed by atoms with E-state index in [1.165, 1.54) is 16.0 Å². The molecule has 0 atom stereocenters. The lowest BCUT2D eigenvalue weighted by Crippen LogP contribution is -1.93. The van der Waals surface area contributed by atoms with Gasteiger partial charge < -0.3 is 0 Å². The molecule has 0 saturated carbocycles. The first-order valence-electron chi connectivity index (χ1n) is 4.85. The second-order valence-electron chi connectivity index (χ2n) is 3.58. The summed E-state index contributed by atoms with van der Waals surface area (Å²) in [7, 11) is 0. The summed E-state index contributed by atoms with van der Waals surface area (Å²) in [6.07, 6.45) is 3.28. The van der Waals surface area contributed by atoms with Gasteiger partial charge in [0.2, 0.25) is 0 Å². The molecule has 1 aromatic carbocycles. The zero-order valence-electron chi connectivity index (χ0n) is 8.92. The summed E-state index contributed by atoms with van der Waals surface area (Å²) >= 11 is 1.84. The van der Waals surface area contributed by atoms with Crippen LogP contribution >= 0.6 is 11.8 Å². The van der Waals surface area contributed by atoms with Crippen LogP contribution in [0.5, 0.6) is 0 Å². The summed E-state index contributed by atoms with van der Waals surface area (Å²) < 4.78 is 0. The summed E-state index contributed by atoms with van der Waals surface area (Å²) in [5.74, 6) is 0.633. The largest absolute Gasteiger partial charge is 0.129 e. The van der Waals surface area contributed by atoms with Gasteiger partial charge in [-0.1, -0.05) is 32.9 Å². The number of benzene rings is 1. The van der Waals surface area contributed by atoms with E-state index in [-0.39, 0.29) is 0 Å². The van der Waals surface area contributed by atoms with E-state index in [4.69, 9.17) is 0 Å². The van der Waals surface area contributed by atoms with E-state index < -0.39 is 0 Å². The number of hydrogen-bond donors (Lipinski definition) is 0. The van der Waals surface area contributed by atoms with E-state index in [0.717, 1.165) is 6.42 Å². The highest BCUT2D eigenvalue weighted by atomic mass is 32.2. The van der Waals surface area contributed by atoms with Gasteiger partial charge in [-0.3, -0.25) is 0 Å². The third kappa shape index (κ3) is 2.50. The van der Waals surface area contributed by atoms with Crippen molar-refractivity contribution >= 4 is 11.8 Å². The van der Waals surface area contributed by atoms with Crippen LogP contribution in [-0.2, 0) is 6.42 Å². The average molecular weight is 194 g/mol. The van der Waals surface area contributed by atoms with Crippen LogP contribution in [0.1, 0.15) is 37.8 Å². The second-order valence-corrected chi connectivity index (χ2v) is 4.43. The maximum absolute atomic E-state index is 2.34. The smallest absolute Gasteiger partial charge is 0.0104 e. The lowest BCUT2D eigenvalue weighted by Gasteiger charge is -2.12. The molecule has 1 rings (SSSR count). The first-order valence-corrected chi connectivity index (χ1v) is 6.08. The van der Waals surface area contributed by atoms with Crippen molar-refractivity contribution in [1.29, 1.82) is 0 Å². The predicted octanol–water partition coefficient (Wildman–Crippen LogP) is 4.09. The van der Waals surface area contributed by atoms with Gasteiger partial charge in [-0.15, -0.1) is 11.8 Å². The van der Waals surface area contributed by atoms with Gasteiger partial charge in [-0.05, 0) is 35.8 Å². The fourth-order valence-corrected chi connectivity index (χ4v) is 2.19. The molecule has 0 saturated heterocycles. The van der Waals surface area contributed by atoms with Crippen LogP contribution in [0, 0.1) is 0 Å². The minimum atomic E-state index is 0.633. The molecule has 0 spiro atoms.